The fraction of sp³-hybridized carbons (Fsp3) is 0.200. The molecular formula is C15H16BrNO. The highest BCUT2D eigenvalue weighted by molar-refractivity contribution is 9.10. The summed E-state index contributed by atoms with van der Waals surface area (Å²) in [6.45, 7) is 2.86. The fourth-order valence-corrected chi connectivity index (χ4v) is 2.16. The van der Waals surface area contributed by atoms with Gasteiger partial charge in [-0.1, -0.05) is 40.2 Å². The second kappa shape index (κ2) is 5.91. The molecule has 18 heavy (non-hydrogen) atoms. The normalized spacial score (nSPS) is 10.2. The number of hydrogen-bond donors (Lipinski definition) is 1. The molecule has 0 spiro atoms. The van der Waals surface area contributed by atoms with E-state index in [0.717, 1.165) is 22.5 Å². The summed E-state index contributed by atoms with van der Waals surface area (Å²) in [5, 5.41) is 3.38. The monoisotopic (exact) mass is 305 g/mol. The van der Waals surface area contributed by atoms with E-state index in [4.69, 9.17) is 4.74 Å². The average Bonchev–Trinajstić information content (AvgIpc) is 2.40. The number of halogens is 1. The molecule has 0 fully saturated rings. The van der Waals surface area contributed by atoms with Gasteiger partial charge in [-0.3, -0.25) is 0 Å². The first-order valence-corrected chi connectivity index (χ1v) is 6.62. The number of rotatable bonds is 4. The van der Waals surface area contributed by atoms with Gasteiger partial charge in [0, 0.05) is 11.0 Å². The lowest BCUT2D eigenvalue weighted by Crippen LogP contribution is -2.01. The minimum atomic E-state index is 0.777. The lowest BCUT2D eigenvalue weighted by molar-refractivity contribution is 0.416. The molecule has 0 amide bonds. The molecule has 2 rings (SSSR count). The SMILES string of the molecule is COc1ccccc1NCc1ccc(C)c(Br)c1. The molecule has 0 bridgehead atoms. The molecule has 0 saturated heterocycles. The molecule has 1 N–H and O–H groups in total. The van der Waals surface area contributed by atoms with Crippen LogP contribution in [0.25, 0.3) is 0 Å². The highest BCUT2D eigenvalue weighted by atomic mass is 79.9. The number of hydrogen-bond acceptors (Lipinski definition) is 2. The van der Waals surface area contributed by atoms with Crippen molar-refractivity contribution < 1.29 is 4.74 Å². The molecule has 3 heteroatoms. The summed E-state index contributed by atoms with van der Waals surface area (Å²) in [4.78, 5) is 0. The molecule has 94 valence electrons. The molecular weight excluding hydrogens is 290 g/mol. The molecule has 0 radical (unpaired) electrons. The van der Waals surface area contributed by atoms with Crippen molar-refractivity contribution in [1.82, 2.24) is 0 Å². The lowest BCUT2D eigenvalue weighted by Gasteiger charge is -2.11. The number of aryl methyl sites for hydroxylation is 1. The number of anilines is 1. The van der Waals surface area contributed by atoms with E-state index >= 15 is 0 Å². The van der Waals surface area contributed by atoms with E-state index < -0.39 is 0 Å². The van der Waals surface area contributed by atoms with Gasteiger partial charge in [0.15, 0.2) is 0 Å². The molecule has 0 heterocycles. The van der Waals surface area contributed by atoms with Gasteiger partial charge in [-0.25, -0.2) is 0 Å². The molecule has 2 aromatic carbocycles. The van der Waals surface area contributed by atoms with Gasteiger partial charge in [0.05, 0.1) is 12.8 Å². The minimum Gasteiger partial charge on any atom is -0.495 e. The Kier molecular flexibility index (Phi) is 4.26. The summed E-state index contributed by atoms with van der Waals surface area (Å²) in [7, 11) is 1.68. The summed E-state index contributed by atoms with van der Waals surface area (Å²) in [6, 6.07) is 14.3. The van der Waals surface area contributed by atoms with Gasteiger partial charge in [0.25, 0.3) is 0 Å². The second-order valence-corrected chi connectivity index (χ2v) is 4.99. The maximum atomic E-state index is 5.30. The van der Waals surface area contributed by atoms with E-state index in [1.165, 1.54) is 11.1 Å². The molecule has 0 aliphatic rings. The van der Waals surface area contributed by atoms with Crippen molar-refractivity contribution in [3.05, 3.63) is 58.1 Å². The van der Waals surface area contributed by atoms with Gasteiger partial charge in [-0.15, -0.1) is 0 Å². The van der Waals surface area contributed by atoms with Crippen molar-refractivity contribution in [2.75, 3.05) is 12.4 Å². The highest BCUT2D eigenvalue weighted by Crippen LogP contribution is 2.24. The van der Waals surface area contributed by atoms with Crippen LogP contribution in [-0.2, 0) is 6.54 Å². The van der Waals surface area contributed by atoms with Crippen LogP contribution < -0.4 is 10.1 Å². The molecule has 0 aromatic heterocycles. The minimum absolute atomic E-state index is 0.777. The van der Waals surface area contributed by atoms with Gasteiger partial charge in [-0.05, 0) is 36.2 Å². The molecule has 2 aromatic rings. The Balaban J connectivity index is 2.09. The first kappa shape index (κ1) is 13.0. The van der Waals surface area contributed by atoms with E-state index in [1.54, 1.807) is 7.11 Å². The van der Waals surface area contributed by atoms with Crippen molar-refractivity contribution >= 4 is 21.6 Å². The summed E-state index contributed by atoms with van der Waals surface area (Å²) in [5.41, 5.74) is 3.49. The van der Waals surface area contributed by atoms with Crippen molar-refractivity contribution in [2.45, 2.75) is 13.5 Å². The molecule has 0 unspecified atom stereocenters. The Hall–Kier alpha value is -1.48. The zero-order chi connectivity index (χ0) is 13.0. The third-order valence-corrected chi connectivity index (χ3v) is 3.68. The predicted octanol–water partition coefficient (Wildman–Crippen LogP) is 4.38. The highest BCUT2D eigenvalue weighted by Gasteiger charge is 2.02. The molecule has 2 nitrogen and oxygen atoms in total. The van der Waals surface area contributed by atoms with Crippen molar-refractivity contribution in [3.8, 4) is 5.75 Å². The molecule has 0 atom stereocenters. The van der Waals surface area contributed by atoms with Crippen LogP contribution in [0.15, 0.2) is 46.9 Å². The second-order valence-electron chi connectivity index (χ2n) is 4.14. The topological polar surface area (TPSA) is 21.3 Å². The number of para-hydroxylation sites is 2. The van der Waals surface area contributed by atoms with Crippen LogP contribution in [0.4, 0.5) is 5.69 Å². The smallest absolute Gasteiger partial charge is 0.141 e. The van der Waals surface area contributed by atoms with Crippen molar-refractivity contribution in [2.24, 2.45) is 0 Å². The third-order valence-electron chi connectivity index (χ3n) is 2.83. The van der Waals surface area contributed by atoms with Crippen LogP contribution in [0.3, 0.4) is 0 Å². The summed E-state index contributed by atoms with van der Waals surface area (Å²) < 4.78 is 6.45. The lowest BCUT2D eigenvalue weighted by atomic mass is 10.1. The Morgan fingerprint density at radius 3 is 2.67 bits per heavy atom. The van der Waals surface area contributed by atoms with E-state index in [9.17, 15) is 0 Å². The third kappa shape index (κ3) is 3.05. The van der Waals surface area contributed by atoms with Crippen LogP contribution in [0.2, 0.25) is 0 Å². The zero-order valence-electron chi connectivity index (χ0n) is 10.5. The number of benzene rings is 2. The van der Waals surface area contributed by atoms with Gasteiger partial charge in [-0.2, -0.15) is 0 Å². The van der Waals surface area contributed by atoms with Crippen LogP contribution in [0.1, 0.15) is 11.1 Å². The predicted molar refractivity (Wildman–Crippen MR) is 79.2 cm³/mol. The van der Waals surface area contributed by atoms with Crippen LogP contribution in [0.5, 0.6) is 5.75 Å². The Labute approximate surface area is 116 Å². The summed E-state index contributed by atoms with van der Waals surface area (Å²) >= 11 is 3.55. The Bertz CT molecular complexity index is 540. The van der Waals surface area contributed by atoms with Crippen LogP contribution in [-0.4, -0.2) is 7.11 Å². The average molecular weight is 306 g/mol. The maximum Gasteiger partial charge on any atom is 0.141 e. The van der Waals surface area contributed by atoms with E-state index in [0.29, 0.717) is 0 Å². The van der Waals surface area contributed by atoms with Gasteiger partial charge in [0.1, 0.15) is 5.75 Å². The number of ether oxygens (including phenoxy) is 1. The van der Waals surface area contributed by atoms with E-state index in [-0.39, 0.29) is 0 Å². The fourth-order valence-electron chi connectivity index (χ4n) is 1.73. The zero-order valence-corrected chi connectivity index (χ0v) is 12.1. The van der Waals surface area contributed by atoms with Crippen molar-refractivity contribution in [3.63, 3.8) is 0 Å². The molecule has 0 aliphatic carbocycles. The quantitative estimate of drug-likeness (QED) is 0.905. The van der Waals surface area contributed by atoms with E-state index in [1.807, 2.05) is 24.3 Å². The van der Waals surface area contributed by atoms with Crippen LogP contribution in [0, 0.1) is 6.92 Å². The van der Waals surface area contributed by atoms with Gasteiger partial charge >= 0.3 is 0 Å². The van der Waals surface area contributed by atoms with Crippen LogP contribution >= 0.6 is 15.9 Å². The Morgan fingerprint density at radius 2 is 1.94 bits per heavy atom. The molecule has 0 aliphatic heterocycles. The van der Waals surface area contributed by atoms with Gasteiger partial charge < -0.3 is 10.1 Å². The Morgan fingerprint density at radius 1 is 1.17 bits per heavy atom. The number of nitrogens with one attached hydrogen (secondary N) is 1. The largest absolute Gasteiger partial charge is 0.495 e. The molecule has 0 saturated carbocycles. The summed E-state index contributed by atoms with van der Waals surface area (Å²) in [5.74, 6) is 0.865. The first-order chi connectivity index (χ1) is 8.70. The maximum absolute atomic E-state index is 5.30. The standard InChI is InChI=1S/C15H16BrNO/c1-11-7-8-12(9-13(11)16)10-17-14-5-3-4-6-15(14)18-2/h3-9,17H,10H2,1-2H3. The number of methoxy groups -OCH3 is 1. The van der Waals surface area contributed by atoms with Gasteiger partial charge in [0.2, 0.25) is 0 Å². The first-order valence-electron chi connectivity index (χ1n) is 5.82. The van der Waals surface area contributed by atoms with Crippen molar-refractivity contribution in [1.29, 1.82) is 0 Å². The van der Waals surface area contributed by atoms with E-state index in [2.05, 4.69) is 46.4 Å². The summed E-state index contributed by atoms with van der Waals surface area (Å²) in [6.07, 6.45) is 0.